The highest BCUT2D eigenvalue weighted by Crippen LogP contribution is 2.44. The second-order valence-corrected chi connectivity index (χ2v) is 8.64. The predicted octanol–water partition coefficient (Wildman–Crippen LogP) is 5.51. The van der Waals surface area contributed by atoms with E-state index in [1.54, 1.807) is 29.2 Å². The van der Waals surface area contributed by atoms with Gasteiger partial charge in [-0.05, 0) is 71.0 Å². The Morgan fingerprint density at radius 1 is 1.12 bits per heavy atom. The molecule has 0 aliphatic carbocycles. The van der Waals surface area contributed by atoms with Gasteiger partial charge in [0.15, 0.2) is 0 Å². The maximum absolute atomic E-state index is 15.0. The van der Waals surface area contributed by atoms with Crippen LogP contribution in [0.1, 0.15) is 30.0 Å². The summed E-state index contributed by atoms with van der Waals surface area (Å²) in [6.07, 6.45) is 3.26. The summed E-state index contributed by atoms with van der Waals surface area (Å²) in [7, 11) is 0. The number of pyridine rings is 1. The van der Waals surface area contributed by atoms with Gasteiger partial charge in [-0.25, -0.2) is 18.8 Å². The fraction of sp³-hybridized carbons (Fsp3) is 0.217. The van der Waals surface area contributed by atoms with Crippen LogP contribution in [0.25, 0.3) is 22.2 Å². The number of nitrogens with one attached hydrogen (secondary N) is 1. The summed E-state index contributed by atoms with van der Waals surface area (Å²) in [4.78, 5) is 18.5. The van der Waals surface area contributed by atoms with E-state index >= 15 is 4.39 Å². The Bertz CT molecular complexity index is 1430. The van der Waals surface area contributed by atoms with Crippen LogP contribution in [0.2, 0.25) is 5.02 Å². The lowest BCUT2D eigenvalue weighted by molar-refractivity contribution is 0.178. The van der Waals surface area contributed by atoms with Crippen molar-refractivity contribution in [1.29, 1.82) is 0 Å². The van der Waals surface area contributed by atoms with Crippen molar-refractivity contribution in [2.75, 3.05) is 5.32 Å². The van der Waals surface area contributed by atoms with E-state index in [0.717, 1.165) is 18.4 Å². The molecule has 0 radical (unpaired) electrons. The molecule has 2 aromatic heterocycles. The van der Waals surface area contributed by atoms with Gasteiger partial charge in [0.1, 0.15) is 16.9 Å². The van der Waals surface area contributed by atoms with Crippen molar-refractivity contribution in [3.05, 3.63) is 70.5 Å². The van der Waals surface area contributed by atoms with E-state index in [-0.39, 0.29) is 22.8 Å². The number of aromatic nitrogens is 3. The Hall–Kier alpha value is -3.59. The number of fused-ring (bicyclic) bond motifs is 5. The molecule has 33 heavy (non-hydrogen) atoms. The van der Waals surface area contributed by atoms with Gasteiger partial charge >= 0.3 is 6.03 Å². The molecular weight excluding hydrogens is 452 g/mol. The van der Waals surface area contributed by atoms with Crippen LogP contribution in [0.15, 0.2) is 47.2 Å². The zero-order valence-electron chi connectivity index (χ0n) is 17.1. The minimum Gasteiger partial charge on any atom is -0.314 e. The summed E-state index contributed by atoms with van der Waals surface area (Å²) in [6.45, 7) is 0. The first-order valence-corrected chi connectivity index (χ1v) is 10.8. The van der Waals surface area contributed by atoms with Crippen molar-refractivity contribution in [2.24, 2.45) is 0 Å². The average molecular weight is 468 g/mol. The molecule has 2 atom stereocenters. The van der Waals surface area contributed by atoms with E-state index in [2.05, 4.69) is 20.6 Å². The second-order valence-electron chi connectivity index (χ2n) is 8.24. The van der Waals surface area contributed by atoms with E-state index in [4.69, 9.17) is 16.2 Å². The van der Waals surface area contributed by atoms with Gasteiger partial charge in [-0.1, -0.05) is 17.7 Å². The highest BCUT2D eigenvalue weighted by molar-refractivity contribution is 6.33. The molecule has 1 N–H and O–H groups in total. The molecule has 2 bridgehead atoms. The summed E-state index contributed by atoms with van der Waals surface area (Å²) >= 11 is 6.44. The fourth-order valence-electron chi connectivity index (χ4n) is 4.92. The van der Waals surface area contributed by atoms with Gasteiger partial charge < -0.3 is 10.2 Å². The van der Waals surface area contributed by atoms with Crippen LogP contribution >= 0.6 is 11.6 Å². The molecular formula is C23H16ClF2N5O2. The number of halogens is 3. The topological polar surface area (TPSA) is 84.2 Å². The largest absolute Gasteiger partial charge is 0.322 e. The number of carbonyl (C=O) groups is 1. The van der Waals surface area contributed by atoms with E-state index in [1.807, 2.05) is 0 Å². The molecule has 7 nitrogen and oxygen atoms in total. The smallest absolute Gasteiger partial charge is 0.314 e. The first-order valence-electron chi connectivity index (χ1n) is 10.4. The maximum Gasteiger partial charge on any atom is 0.322 e. The number of rotatable bonds is 2. The van der Waals surface area contributed by atoms with Gasteiger partial charge in [0, 0.05) is 23.4 Å². The molecule has 166 valence electrons. The molecule has 2 aromatic carbocycles. The van der Waals surface area contributed by atoms with E-state index in [9.17, 15) is 9.18 Å². The van der Waals surface area contributed by atoms with Gasteiger partial charge in [-0.3, -0.25) is 0 Å². The monoisotopic (exact) mass is 467 g/mol. The summed E-state index contributed by atoms with van der Waals surface area (Å²) in [5, 5.41) is 10.5. The number of carbonyl (C=O) groups excluding carboxylic acids is 1. The van der Waals surface area contributed by atoms with Crippen LogP contribution in [0, 0.1) is 11.8 Å². The quantitative estimate of drug-likeness (QED) is 0.393. The number of nitrogens with zero attached hydrogens (tertiary/aromatic N) is 4. The SMILES string of the molecule is O=C(Nc1cc(Cl)c(-c2ccc3nonc3c2)cc1F)N1[C@H]2CC[C@@H]1c1ccnc(F)c1C2. The second kappa shape index (κ2) is 7.48. The highest BCUT2D eigenvalue weighted by Gasteiger charge is 2.43. The number of anilines is 1. The van der Waals surface area contributed by atoms with E-state index in [1.165, 1.54) is 18.3 Å². The standard InChI is InChI=1S/C23H16ClF2N5O2/c24-16-10-19(17(25)9-14(16)11-1-3-18-20(7-11)30-33-29-18)28-23(32)31-12-2-4-21(31)13-5-6-27-22(26)15(13)8-12/h1,3,5-7,9-10,12,21H,2,4,8H2,(H,28,32)/t12-,21+/m0/s1. The lowest BCUT2D eigenvalue weighted by atomic mass is 9.95. The summed E-state index contributed by atoms with van der Waals surface area (Å²) < 4.78 is 33.9. The molecule has 4 heterocycles. The van der Waals surface area contributed by atoms with Crippen LogP contribution in [0.3, 0.4) is 0 Å². The van der Waals surface area contributed by atoms with Crippen molar-refractivity contribution >= 4 is 34.4 Å². The van der Waals surface area contributed by atoms with Gasteiger partial charge in [0.05, 0.1) is 16.8 Å². The number of benzene rings is 2. The third-order valence-corrected chi connectivity index (χ3v) is 6.75. The van der Waals surface area contributed by atoms with Crippen LogP contribution in [-0.2, 0) is 6.42 Å². The zero-order valence-corrected chi connectivity index (χ0v) is 17.8. The molecule has 4 aromatic rings. The van der Waals surface area contributed by atoms with E-state index < -0.39 is 17.8 Å². The molecule has 1 saturated heterocycles. The Balaban J connectivity index is 1.28. The number of amides is 2. The van der Waals surface area contributed by atoms with Gasteiger partial charge in [0.2, 0.25) is 5.95 Å². The van der Waals surface area contributed by atoms with Crippen LogP contribution in [0.5, 0.6) is 0 Å². The van der Waals surface area contributed by atoms with Crippen molar-refractivity contribution < 1.29 is 18.2 Å². The molecule has 1 fully saturated rings. The Kier molecular flexibility index (Phi) is 4.55. The molecule has 0 unspecified atom stereocenters. The Morgan fingerprint density at radius 2 is 1.97 bits per heavy atom. The lowest BCUT2D eigenvalue weighted by Crippen LogP contribution is -2.44. The predicted molar refractivity (Wildman–Crippen MR) is 117 cm³/mol. The molecule has 6 rings (SSSR count). The summed E-state index contributed by atoms with van der Waals surface area (Å²) in [5.41, 5.74) is 3.49. The molecule has 0 saturated carbocycles. The van der Waals surface area contributed by atoms with E-state index in [0.29, 0.717) is 34.1 Å². The normalized spacial score (nSPS) is 19.1. The Morgan fingerprint density at radius 3 is 2.85 bits per heavy atom. The van der Waals surface area contributed by atoms with Crippen molar-refractivity contribution in [3.63, 3.8) is 0 Å². The van der Waals surface area contributed by atoms with Gasteiger partial charge in [0.25, 0.3) is 0 Å². The average Bonchev–Trinajstić information content (AvgIpc) is 3.40. The van der Waals surface area contributed by atoms with Crippen LogP contribution in [-0.4, -0.2) is 32.3 Å². The molecule has 10 heteroatoms. The van der Waals surface area contributed by atoms with Crippen molar-refractivity contribution in [1.82, 2.24) is 20.2 Å². The first-order chi connectivity index (χ1) is 16.0. The number of urea groups is 1. The highest BCUT2D eigenvalue weighted by atomic mass is 35.5. The Labute approximate surface area is 191 Å². The lowest BCUT2D eigenvalue weighted by Gasteiger charge is -2.36. The van der Waals surface area contributed by atoms with Crippen LogP contribution < -0.4 is 5.32 Å². The number of hydrogen-bond donors (Lipinski definition) is 1. The fourth-order valence-corrected chi connectivity index (χ4v) is 5.19. The third-order valence-electron chi connectivity index (χ3n) is 6.44. The van der Waals surface area contributed by atoms with Gasteiger partial charge in [-0.15, -0.1) is 0 Å². The maximum atomic E-state index is 15.0. The summed E-state index contributed by atoms with van der Waals surface area (Å²) in [5.74, 6) is -1.11. The zero-order chi connectivity index (χ0) is 22.7. The molecule has 2 aliphatic heterocycles. The minimum absolute atomic E-state index is 0.0240. The minimum atomic E-state index is -0.624. The number of hydrogen-bond acceptors (Lipinski definition) is 5. The molecule has 2 aliphatic rings. The first kappa shape index (κ1) is 20.0. The molecule has 0 spiro atoms. The summed E-state index contributed by atoms with van der Waals surface area (Å²) in [6, 6.07) is 8.67. The van der Waals surface area contributed by atoms with Crippen molar-refractivity contribution in [2.45, 2.75) is 31.3 Å². The van der Waals surface area contributed by atoms with Crippen LogP contribution in [0.4, 0.5) is 19.3 Å². The van der Waals surface area contributed by atoms with Crippen molar-refractivity contribution in [3.8, 4) is 11.1 Å². The molecule has 2 amide bonds. The third kappa shape index (κ3) is 3.22. The van der Waals surface area contributed by atoms with Gasteiger partial charge in [-0.2, -0.15) is 4.39 Å².